The molecule has 18 heavy (non-hydrogen) atoms. The minimum atomic E-state index is -0.748. The molecule has 5 heteroatoms. The molecule has 0 bridgehead atoms. The van der Waals surface area contributed by atoms with E-state index < -0.39 is 5.38 Å². The third-order valence-corrected chi connectivity index (χ3v) is 4.00. The average Bonchev–Trinajstić information content (AvgIpc) is 2.79. The zero-order valence-corrected chi connectivity index (χ0v) is 12.0. The number of carbonyl (C=O) groups is 1. The number of alkyl halides is 1. The van der Waals surface area contributed by atoms with Gasteiger partial charge in [-0.15, -0.1) is 11.6 Å². The van der Waals surface area contributed by atoms with Crippen molar-refractivity contribution in [2.45, 2.75) is 37.1 Å². The van der Waals surface area contributed by atoms with E-state index in [2.05, 4.69) is 5.32 Å². The van der Waals surface area contributed by atoms with Gasteiger partial charge in [-0.25, -0.2) is 0 Å². The van der Waals surface area contributed by atoms with Crippen molar-refractivity contribution in [3.05, 3.63) is 33.8 Å². The van der Waals surface area contributed by atoms with Gasteiger partial charge in [0.1, 0.15) is 5.38 Å². The van der Waals surface area contributed by atoms with Crippen molar-refractivity contribution in [2.24, 2.45) is 0 Å². The Morgan fingerprint density at radius 2 is 1.72 bits per heavy atom. The Balaban J connectivity index is 2.04. The van der Waals surface area contributed by atoms with Crippen molar-refractivity contribution in [1.82, 2.24) is 5.32 Å². The van der Waals surface area contributed by atoms with Gasteiger partial charge in [0.2, 0.25) is 5.91 Å². The van der Waals surface area contributed by atoms with Crippen LogP contribution in [-0.2, 0) is 4.79 Å². The molecule has 0 aliphatic heterocycles. The second-order valence-corrected chi connectivity index (χ2v) is 5.86. The monoisotopic (exact) mass is 305 g/mol. The second kappa shape index (κ2) is 6.14. The summed E-state index contributed by atoms with van der Waals surface area (Å²) in [6, 6.07) is 5.21. The third kappa shape index (κ3) is 3.53. The summed E-state index contributed by atoms with van der Waals surface area (Å²) in [5.74, 6) is -0.179. The maximum atomic E-state index is 12.0. The number of hydrogen-bond acceptors (Lipinski definition) is 1. The lowest BCUT2D eigenvalue weighted by Crippen LogP contribution is -2.34. The molecule has 1 aromatic rings. The molecule has 2 rings (SSSR count). The summed E-state index contributed by atoms with van der Waals surface area (Å²) in [6.45, 7) is 0. The predicted octanol–water partition coefficient (Wildman–Crippen LogP) is 4.33. The number of benzene rings is 1. The molecule has 0 radical (unpaired) electrons. The lowest BCUT2D eigenvalue weighted by atomic mass is 10.1. The SMILES string of the molecule is O=C(NC1CCCC1)C(Cl)c1cc(Cl)cc(Cl)c1. The molecular formula is C13H14Cl3NO. The van der Waals surface area contributed by atoms with Gasteiger partial charge >= 0.3 is 0 Å². The van der Waals surface area contributed by atoms with Crippen LogP contribution in [0.2, 0.25) is 10.0 Å². The standard InChI is InChI=1S/C13H14Cl3NO/c14-9-5-8(6-10(15)7-9)12(16)13(18)17-11-3-1-2-4-11/h5-7,11-12H,1-4H2,(H,17,18). The fraction of sp³-hybridized carbons (Fsp3) is 0.462. The van der Waals surface area contributed by atoms with Crippen molar-refractivity contribution in [3.63, 3.8) is 0 Å². The summed E-state index contributed by atoms with van der Waals surface area (Å²) >= 11 is 17.9. The first-order valence-corrected chi connectivity index (χ1v) is 7.16. The third-order valence-electron chi connectivity index (χ3n) is 3.11. The number of nitrogens with one attached hydrogen (secondary N) is 1. The maximum absolute atomic E-state index is 12.0. The van der Waals surface area contributed by atoms with Crippen molar-refractivity contribution in [3.8, 4) is 0 Å². The van der Waals surface area contributed by atoms with E-state index in [1.807, 2.05) is 0 Å². The van der Waals surface area contributed by atoms with Crippen LogP contribution in [0.1, 0.15) is 36.6 Å². The lowest BCUT2D eigenvalue weighted by Gasteiger charge is -2.16. The highest BCUT2D eigenvalue weighted by atomic mass is 35.5. The van der Waals surface area contributed by atoms with Crippen molar-refractivity contribution in [1.29, 1.82) is 0 Å². The summed E-state index contributed by atoms with van der Waals surface area (Å²) in [5.41, 5.74) is 0.629. The Hall–Kier alpha value is -0.440. The lowest BCUT2D eigenvalue weighted by molar-refractivity contribution is -0.121. The maximum Gasteiger partial charge on any atom is 0.242 e. The average molecular weight is 307 g/mol. The second-order valence-electron chi connectivity index (χ2n) is 4.56. The predicted molar refractivity (Wildman–Crippen MR) is 75.5 cm³/mol. The largest absolute Gasteiger partial charge is 0.352 e. The molecule has 1 saturated carbocycles. The highest BCUT2D eigenvalue weighted by molar-refractivity contribution is 6.35. The zero-order valence-electron chi connectivity index (χ0n) is 9.76. The van der Waals surface area contributed by atoms with Crippen LogP contribution in [0.4, 0.5) is 0 Å². The molecule has 98 valence electrons. The van der Waals surface area contributed by atoms with Gasteiger partial charge < -0.3 is 5.32 Å². The van der Waals surface area contributed by atoms with E-state index in [0.717, 1.165) is 12.8 Å². The first-order valence-electron chi connectivity index (χ1n) is 5.96. The first-order chi connectivity index (χ1) is 8.56. The van der Waals surface area contributed by atoms with E-state index in [0.29, 0.717) is 15.6 Å². The molecular weight excluding hydrogens is 293 g/mol. The van der Waals surface area contributed by atoms with Gasteiger partial charge in [0.05, 0.1) is 0 Å². The molecule has 1 aliphatic rings. The molecule has 1 aliphatic carbocycles. The molecule has 1 amide bonds. The Morgan fingerprint density at radius 1 is 1.17 bits per heavy atom. The molecule has 2 nitrogen and oxygen atoms in total. The van der Waals surface area contributed by atoms with Gasteiger partial charge in [0, 0.05) is 16.1 Å². The zero-order chi connectivity index (χ0) is 13.1. The van der Waals surface area contributed by atoms with Gasteiger partial charge in [-0.05, 0) is 36.6 Å². The van der Waals surface area contributed by atoms with Crippen LogP contribution in [0.5, 0.6) is 0 Å². The first kappa shape index (κ1) is 14.0. The van der Waals surface area contributed by atoms with Crippen LogP contribution in [-0.4, -0.2) is 11.9 Å². The Kier molecular flexibility index (Phi) is 4.77. The molecule has 0 spiro atoms. The van der Waals surface area contributed by atoms with Crippen LogP contribution < -0.4 is 5.32 Å². The fourth-order valence-electron chi connectivity index (χ4n) is 2.22. The van der Waals surface area contributed by atoms with Crippen LogP contribution in [0.3, 0.4) is 0 Å². The van der Waals surface area contributed by atoms with E-state index in [-0.39, 0.29) is 11.9 Å². The molecule has 0 aromatic heterocycles. The fourth-order valence-corrected chi connectivity index (χ4v) is 2.95. The van der Waals surface area contributed by atoms with E-state index in [9.17, 15) is 4.79 Å². The number of carbonyl (C=O) groups excluding carboxylic acids is 1. The molecule has 1 aromatic carbocycles. The smallest absolute Gasteiger partial charge is 0.242 e. The molecule has 1 N–H and O–H groups in total. The van der Waals surface area contributed by atoms with E-state index in [4.69, 9.17) is 34.8 Å². The van der Waals surface area contributed by atoms with Gasteiger partial charge in [-0.1, -0.05) is 36.0 Å². The van der Waals surface area contributed by atoms with Crippen LogP contribution >= 0.6 is 34.8 Å². The minimum Gasteiger partial charge on any atom is -0.352 e. The van der Waals surface area contributed by atoms with Gasteiger partial charge in [0.25, 0.3) is 0 Å². The minimum absolute atomic E-state index is 0.179. The quantitative estimate of drug-likeness (QED) is 0.827. The number of amides is 1. The molecule has 0 heterocycles. The molecule has 1 atom stereocenters. The molecule has 1 fully saturated rings. The van der Waals surface area contributed by atoms with Gasteiger partial charge in [0.15, 0.2) is 0 Å². The van der Waals surface area contributed by atoms with E-state index >= 15 is 0 Å². The number of hydrogen-bond donors (Lipinski definition) is 1. The summed E-state index contributed by atoms with van der Waals surface area (Å²) in [4.78, 5) is 12.0. The van der Waals surface area contributed by atoms with E-state index in [1.165, 1.54) is 12.8 Å². The van der Waals surface area contributed by atoms with Crippen LogP contribution in [0.25, 0.3) is 0 Å². The summed E-state index contributed by atoms with van der Waals surface area (Å²) in [5, 5.41) is 3.18. The van der Waals surface area contributed by atoms with Crippen LogP contribution in [0.15, 0.2) is 18.2 Å². The highest BCUT2D eigenvalue weighted by Gasteiger charge is 2.23. The van der Waals surface area contributed by atoms with Crippen molar-refractivity contribution < 1.29 is 4.79 Å². The number of halogens is 3. The number of rotatable bonds is 3. The Morgan fingerprint density at radius 3 is 2.28 bits per heavy atom. The normalized spacial score (nSPS) is 17.7. The Labute approximate surface area is 122 Å². The topological polar surface area (TPSA) is 29.1 Å². The van der Waals surface area contributed by atoms with Crippen molar-refractivity contribution >= 4 is 40.7 Å². The summed E-state index contributed by atoms with van der Waals surface area (Å²) < 4.78 is 0. The van der Waals surface area contributed by atoms with E-state index in [1.54, 1.807) is 18.2 Å². The summed E-state index contributed by atoms with van der Waals surface area (Å²) in [6.07, 6.45) is 4.40. The van der Waals surface area contributed by atoms with Gasteiger partial charge in [-0.3, -0.25) is 4.79 Å². The van der Waals surface area contributed by atoms with Gasteiger partial charge in [-0.2, -0.15) is 0 Å². The van der Waals surface area contributed by atoms with Crippen molar-refractivity contribution in [2.75, 3.05) is 0 Å². The van der Waals surface area contributed by atoms with Crippen LogP contribution in [0, 0.1) is 0 Å². The molecule has 0 saturated heterocycles. The molecule has 1 unspecified atom stereocenters. The summed E-state index contributed by atoms with van der Waals surface area (Å²) in [7, 11) is 0. The highest BCUT2D eigenvalue weighted by Crippen LogP contribution is 2.28. The Bertz CT molecular complexity index is 424.